The van der Waals surface area contributed by atoms with Crippen molar-refractivity contribution in [2.75, 3.05) is 11.0 Å². The van der Waals surface area contributed by atoms with Crippen LogP contribution in [0.4, 0.5) is 10.1 Å². The first-order chi connectivity index (χ1) is 14.4. The lowest BCUT2D eigenvalue weighted by molar-refractivity contribution is 0.628. The molecule has 3 aromatic carbocycles. The number of fused-ring (bicyclic) bond motifs is 1. The van der Waals surface area contributed by atoms with E-state index in [9.17, 15) is 14.0 Å². The number of hydrogen-bond acceptors (Lipinski definition) is 5. The van der Waals surface area contributed by atoms with Crippen molar-refractivity contribution in [1.82, 2.24) is 9.97 Å². The van der Waals surface area contributed by atoms with Crippen molar-refractivity contribution >= 4 is 40.4 Å². The van der Waals surface area contributed by atoms with Crippen LogP contribution in [-0.2, 0) is 0 Å². The van der Waals surface area contributed by atoms with Gasteiger partial charge in [-0.05, 0) is 78.2 Å². The lowest BCUT2D eigenvalue weighted by Crippen LogP contribution is -2.28. The minimum absolute atomic E-state index is 0.254. The molecule has 30 heavy (non-hydrogen) atoms. The van der Waals surface area contributed by atoms with Gasteiger partial charge in [-0.25, -0.2) is 4.39 Å². The monoisotopic (exact) mass is 439 g/mol. The Labute approximate surface area is 180 Å². The highest BCUT2D eigenvalue weighted by Crippen LogP contribution is 2.34. The molecular weight excluding hydrogens is 421 g/mol. The van der Waals surface area contributed by atoms with E-state index in [0.717, 1.165) is 32.2 Å². The summed E-state index contributed by atoms with van der Waals surface area (Å²) in [6, 6.07) is 16.2. The SMILES string of the molecule is CSc1cc(NSc2cc3[nH]c(=O)c(=O)[nH]c3cc2C)ccc1-c1ccc(F)cc1. The average molecular weight is 440 g/mol. The minimum Gasteiger partial charge on any atom is -0.326 e. The van der Waals surface area contributed by atoms with Crippen LogP contribution >= 0.6 is 23.7 Å². The number of aryl methyl sites for hydroxylation is 1. The van der Waals surface area contributed by atoms with Crippen LogP contribution < -0.4 is 15.8 Å². The molecule has 0 unspecified atom stereocenters. The Hall–Kier alpha value is -2.97. The van der Waals surface area contributed by atoms with Crippen molar-refractivity contribution in [3.05, 3.63) is 86.7 Å². The van der Waals surface area contributed by atoms with E-state index < -0.39 is 11.1 Å². The van der Waals surface area contributed by atoms with Crippen LogP contribution in [-0.4, -0.2) is 16.2 Å². The number of H-pyrrole nitrogens is 2. The minimum atomic E-state index is -0.670. The standard InChI is InChI=1S/C22H18FN3O2S2/c1-12-9-17-18(25-22(28)21(27)24-17)11-19(12)30-26-15-7-8-16(20(10-15)29-2)13-3-5-14(23)6-4-13/h3-11,26H,1-2H3,(H,24,27)(H,25,28). The molecule has 0 aliphatic rings. The number of aromatic amines is 2. The Morgan fingerprint density at radius 3 is 2.20 bits per heavy atom. The molecule has 0 amide bonds. The molecule has 4 rings (SSSR count). The van der Waals surface area contributed by atoms with Crippen LogP contribution in [0.1, 0.15) is 5.56 Å². The first kappa shape index (κ1) is 20.3. The summed E-state index contributed by atoms with van der Waals surface area (Å²) < 4.78 is 16.6. The third-order valence-corrected chi connectivity index (χ3v) is 6.43. The molecule has 0 aliphatic carbocycles. The highest BCUT2D eigenvalue weighted by Gasteiger charge is 2.09. The molecule has 0 saturated heterocycles. The first-order valence-electron chi connectivity index (χ1n) is 9.08. The Morgan fingerprint density at radius 2 is 1.53 bits per heavy atom. The highest BCUT2D eigenvalue weighted by molar-refractivity contribution is 8.00. The summed E-state index contributed by atoms with van der Waals surface area (Å²) in [5.74, 6) is -0.254. The fraction of sp³-hybridized carbons (Fsp3) is 0.0909. The molecular formula is C22H18FN3O2S2. The van der Waals surface area contributed by atoms with Gasteiger partial charge in [0.15, 0.2) is 0 Å². The van der Waals surface area contributed by atoms with E-state index in [4.69, 9.17) is 0 Å². The lowest BCUT2D eigenvalue weighted by atomic mass is 10.1. The van der Waals surface area contributed by atoms with Crippen LogP contribution in [0.15, 0.2) is 74.0 Å². The predicted octanol–water partition coefficient (Wildman–Crippen LogP) is 5.17. The fourth-order valence-electron chi connectivity index (χ4n) is 3.10. The molecule has 0 aliphatic heterocycles. The predicted molar refractivity (Wildman–Crippen MR) is 123 cm³/mol. The summed E-state index contributed by atoms with van der Waals surface area (Å²) in [5.41, 5.74) is 3.73. The van der Waals surface area contributed by atoms with Gasteiger partial charge in [0.2, 0.25) is 0 Å². The molecule has 0 fully saturated rings. The molecule has 0 spiro atoms. The van der Waals surface area contributed by atoms with Gasteiger partial charge >= 0.3 is 11.1 Å². The first-order valence-corrected chi connectivity index (χ1v) is 11.1. The topological polar surface area (TPSA) is 77.8 Å². The van der Waals surface area contributed by atoms with E-state index in [2.05, 4.69) is 14.7 Å². The number of benzene rings is 3. The summed E-state index contributed by atoms with van der Waals surface area (Å²) >= 11 is 3.05. The Balaban J connectivity index is 1.60. The largest absolute Gasteiger partial charge is 0.326 e. The maximum atomic E-state index is 13.2. The maximum Gasteiger partial charge on any atom is 0.314 e. The Morgan fingerprint density at radius 1 is 0.867 bits per heavy atom. The summed E-state index contributed by atoms with van der Waals surface area (Å²) in [7, 11) is 0. The molecule has 1 heterocycles. The molecule has 0 radical (unpaired) electrons. The van der Waals surface area contributed by atoms with E-state index in [1.54, 1.807) is 23.9 Å². The third kappa shape index (κ3) is 4.15. The fourth-order valence-corrected chi connectivity index (χ4v) is 4.50. The number of halogens is 1. The maximum absolute atomic E-state index is 13.2. The quantitative estimate of drug-likeness (QED) is 0.227. The van der Waals surface area contributed by atoms with Crippen molar-refractivity contribution in [3.8, 4) is 11.1 Å². The van der Waals surface area contributed by atoms with Gasteiger partial charge in [0, 0.05) is 15.5 Å². The highest BCUT2D eigenvalue weighted by atomic mass is 32.2. The molecule has 0 atom stereocenters. The van der Waals surface area contributed by atoms with E-state index in [1.807, 2.05) is 43.5 Å². The third-order valence-electron chi connectivity index (χ3n) is 4.65. The number of hydrogen-bond donors (Lipinski definition) is 3. The average Bonchev–Trinajstić information content (AvgIpc) is 2.74. The molecule has 1 aromatic heterocycles. The lowest BCUT2D eigenvalue weighted by Gasteiger charge is -2.13. The zero-order valence-corrected chi connectivity index (χ0v) is 17.8. The second-order valence-corrected chi connectivity index (χ2v) is 8.39. The molecule has 4 aromatic rings. The number of rotatable bonds is 5. The van der Waals surface area contributed by atoms with Gasteiger partial charge in [0.1, 0.15) is 5.82 Å². The molecule has 5 nitrogen and oxygen atoms in total. The molecule has 152 valence electrons. The van der Waals surface area contributed by atoms with Crippen molar-refractivity contribution in [2.45, 2.75) is 16.7 Å². The summed E-state index contributed by atoms with van der Waals surface area (Å²) in [4.78, 5) is 30.3. The normalized spacial score (nSPS) is 11.0. The van der Waals surface area contributed by atoms with Crippen LogP contribution in [0.3, 0.4) is 0 Å². The van der Waals surface area contributed by atoms with Gasteiger partial charge in [-0.15, -0.1) is 11.8 Å². The van der Waals surface area contributed by atoms with Crippen molar-refractivity contribution in [2.24, 2.45) is 0 Å². The Kier molecular flexibility index (Phi) is 5.69. The van der Waals surface area contributed by atoms with Gasteiger partial charge in [-0.3, -0.25) is 9.59 Å². The summed E-state index contributed by atoms with van der Waals surface area (Å²) in [6.45, 7) is 1.94. The zero-order valence-electron chi connectivity index (χ0n) is 16.2. The van der Waals surface area contributed by atoms with E-state index in [0.29, 0.717) is 11.0 Å². The van der Waals surface area contributed by atoms with Gasteiger partial charge in [0.25, 0.3) is 0 Å². The molecule has 8 heteroatoms. The number of aromatic nitrogens is 2. The van der Waals surface area contributed by atoms with Crippen LogP contribution in [0.25, 0.3) is 22.2 Å². The van der Waals surface area contributed by atoms with Crippen LogP contribution in [0, 0.1) is 12.7 Å². The number of thioether (sulfide) groups is 1. The molecule has 0 saturated carbocycles. The van der Waals surface area contributed by atoms with E-state index in [1.165, 1.54) is 24.1 Å². The van der Waals surface area contributed by atoms with Crippen LogP contribution in [0.5, 0.6) is 0 Å². The van der Waals surface area contributed by atoms with Gasteiger partial charge in [0.05, 0.1) is 11.0 Å². The van der Waals surface area contributed by atoms with Crippen LogP contribution in [0.2, 0.25) is 0 Å². The van der Waals surface area contributed by atoms with Crippen molar-refractivity contribution in [1.29, 1.82) is 0 Å². The molecule has 3 N–H and O–H groups in total. The second kappa shape index (κ2) is 8.41. The van der Waals surface area contributed by atoms with Crippen molar-refractivity contribution in [3.63, 3.8) is 0 Å². The Bertz CT molecular complexity index is 1350. The van der Waals surface area contributed by atoms with E-state index >= 15 is 0 Å². The van der Waals surface area contributed by atoms with Gasteiger partial charge in [-0.2, -0.15) is 0 Å². The summed E-state index contributed by atoms with van der Waals surface area (Å²) in [5, 5.41) is 0. The number of anilines is 1. The van der Waals surface area contributed by atoms with Gasteiger partial charge < -0.3 is 14.7 Å². The van der Waals surface area contributed by atoms with E-state index in [-0.39, 0.29) is 5.82 Å². The smallest absolute Gasteiger partial charge is 0.314 e. The molecule has 0 bridgehead atoms. The number of nitrogens with one attached hydrogen (secondary N) is 3. The zero-order chi connectivity index (χ0) is 21.3. The second-order valence-electron chi connectivity index (χ2n) is 6.70. The van der Waals surface area contributed by atoms with Gasteiger partial charge in [-0.1, -0.05) is 18.2 Å². The van der Waals surface area contributed by atoms with Crippen molar-refractivity contribution < 1.29 is 4.39 Å². The summed E-state index contributed by atoms with van der Waals surface area (Å²) in [6.07, 6.45) is 2.00.